The zero-order chi connectivity index (χ0) is 19.1. The van der Waals surface area contributed by atoms with E-state index in [0.717, 1.165) is 11.4 Å². The standard InChI is InChI=1S/C17H22ClN3O4S.ClH/c1-10(17(24)25)21-15(22)6-12(11-2-4-13(18)5-3-11)7-19-16(23)14-8-26-9-20-14;/h2-5,10,12,14,20H,6-9H2,1H3,(H,19,23)(H,21,22)(H,24,25);1H/t10-,12+,14+;/m1./s1. The maximum absolute atomic E-state index is 12.2. The molecule has 0 saturated carbocycles. The number of carboxylic acid groups (broad SMARTS) is 1. The molecule has 27 heavy (non-hydrogen) atoms. The molecule has 1 fully saturated rings. The van der Waals surface area contributed by atoms with E-state index in [9.17, 15) is 14.4 Å². The summed E-state index contributed by atoms with van der Waals surface area (Å²) in [5.74, 6) is -0.412. The van der Waals surface area contributed by atoms with E-state index in [1.807, 2.05) is 0 Å². The average molecular weight is 436 g/mol. The van der Waals surface area contributed by atoms with Crippen LogP contribution in [0.25, 0.3) is 0 Å². The van der Waals surface area contributed by atoms with Gasteiger partial charge in [0.1, 0.15) is 6.04 Å². The number of halogens is 2. The Balaban J connectivity index is 0.00000364. The van der Waals surface area contributed by atoms with Gasteiger partial charge in [-0.1, -0.05) is 23.7 Å². The molecule has 10 heteroatoms. The molecule has 0 unspecified atom stereocenters. The summed E-state index contributed by atoms with van der Waals surface area (Å²) >= 11 is 7.57. The van der Waals surface area contributed by atoms with Crippen LogP contribution in [0, 0.1) is 0 Å². The maximum Gasteiger partial charge on any atom is 0.325 e. The van der Waals surface area contributed by atoms with Gasteiger partial charge in [-0.25, -0.2) is 0 Å². The fourth-order valence-electron chi connectivity index (χ4n) is 2.54. The summed E-state index contributed by atoms with van der Waals surface area (Å²) in [6, 6.07) is 5.85. The quantitative estimate of drug-likeness (QED) is 0.493. The van der Waals surface area contributed by atoms with Crippen LogP contribution in [0.15, 0.2) is 24.3 Å². The number of rotatable bonds is 8. The third-order valence-corrected chi connectivity index (χ3v) is 5.27. The van der Waals surface area contributed by atoms with Crippen LogP contribution < -0.4 is 16.0 Å². The summed E-state index contributed by atoms with van der Waals surface area (Å²) < 4.78 is 0. The Morgan fingerprint density at radius 3 is 2.56 bits per heavy atom. The number of aliphatic carboxylic acids is 1. The Labute approximate surface area is 173 Å². The molecule has 0 spiro atoms. The topological polar surface area (TPSA) is 108 Å². The largest absolute Gasteiger partial charge is 0.480 e. The van der Waals surface area contributed by atoms with Gasteiger partial charge in [-0.15, -0.1) is 24.2 Å². The Bertz CT molecular complexity index is 654. The van der Waals surface area contributed by atoms with E-state index in [1.54, 1.807) is 36.0 Å². The zero-order valence-corrected chi connectivity index (χ0v) is 17.1. The fraction of sp³-hybridized carbons (Fsp3) is 0.471. The minimum Gasteiger partial charge on any atom is -0.480 e. The van der Waals surface area contributed by atoms with Crippen molar-refractivity contribution in [3.63, 3.8) is 0 Å². The van der Waals surface area contributed by atoms with Crippen LogP contribution in [-0.2, 0) is 14.4 Å². The molecule has 3 atom stereocenters. The van der Waals surface area contributed by atoms with Gasteiger partial charge in [0.05, 0.1) is 6.04 Å². The summed E-state index contributed by atoms with van der Waals surface area (Å²) in [4.78, 5) is 35.3. The molecule has 1 saturated heterocycles. The molecule has 2 amide bonds. The molecule has 1 aromatic carbocycles. The molecule has 0 radical (unpaired) electrons. The van der Waals surface area contributed by atoms with Crippen molar-refractivity contribution >= 4 is 53.6 Å². The lowest BCUT2D eigenvalue weighted by atomic mass is 9.95. The molecular formula is C17H23Cl2N3O4S. The predicted octanol–water partition coefficient (Wildman–Crippen LogP) is 1.60. The molecule has 150 valence electrons. The molecule has 4 N–H and O–H groups in total. The number of carbonyl (C=O) groups is 3. The third kappa shape index (κ3) is 7.57. The number of benzene rings is 1. The first-order chi connectivity index (χ1) is 12.4. The van der Waals surface area contributed by atoms with Crippen molar-refractivity contribution in [1.29, 1.82) is 0 Å². The van der Waals surface area contributed by atoms with E-state index < -0.39 is 12.0 Å². The van der Waals surface area contributed by atoms with E-state index >= 15 is 0 Å². The first-order valence-corrected chi connectivity index (χ1v) is 9.76. The maximum atomic E-state index is 12.2. The normalized spacial score (nSPS) is 18.1. The second kappa shape index (κ2) is 11.4. The van der Waals surface area contributed by atoms with Crippen LogP contribution in [0.5, 0.6) is 0 Å². The SMILES string of the molecule is C[C@@H](NC(=O)C[C@@H](CNC(=O)[C@@H]1CSCN1)c1ccc(Cl)cc1)C(=O)O.Cl. The van der Waals surface area contributed by atoms with Gasteiger partial charge >= 0.3 is 5.97 Å². The van der Waals surface area contributed by atoms with E-state index in [4.69, 9.17) is 16.7 Å². The molecule has 0 aliphatic carbocycles. The van der Waals surface area contributed by atoms with Crippen molar-refractivity contribution in [1.82, 2.24) is 16.0 Å². The minimum atomic E-state index is -1.10. The van der Waals surface area contributed by atoms with E-state index in [-0.39, 0.29) is 49.1 Å². The lowest BCUT2D eigenvalue weighted by Gasteiger charge is -2.20. The molecule has 1 aromatic rings. The van der Waals surface area contributed by atoms with Crippen molar-refractivity contribution < 1.29 is 19.5 Å². The number of thioether (sulfide) groups is 1. The van der Waals surface area contributed by atoms with Crippen molar-refractivity contribution in [3.8, 4) is 0 Å². The number of carboxylic acids is 1. The molecule has 0 bridgehead atoms. The van der Waals surface area contributed by atoms with Crippen LogP contribution in [0.2, 0.25) is 5.02 Å². The highest BCUT2D eigenvalue weighted by Gasteiger charge is 2.25. The van der Waals surface area contributed by atoms with Crippen LogP contribution in [0.4, 0.5) is 0 Å². The van der Waals surface area contributed by atoms with Gasteiger partial charge < -0.3 is 15.7 Å². The van der Waals surface area contributed by atoms with Crippen LogP contribution >= 0.6 is 35.8 Å². The van der Waals surface area contributed by atoms with Gasteiger partial charge in [0.25, 0.3) is 0 Å². The summed E-state index contributed by atoms with van der Waals surface area (Å²) in [5.41, 5.74) is 0.849. The molecular weight excluding hydrogens is 413 g/mol. The molecule has 1 aliphatic rings. The Morgan fingerprint density at radius 1 is 1.33 bits per heavy atom. The Morgan fingerprint density at radius 2 is 2.00 bits per heavy atom. The second-order valence-corrected chi connectivity index (χ2v) is 7.56. The van der Waals surface area contributed by atoms with Gasteiger partial charge in [-0.05, 0) is 24.6 Å². The number of carbonyl (C=O) groups excluding carboxylic acids is 2. The molecule has 1 aliphatic heterocycles. The first-order valence-electron chi connectivity index (χ1n) is 8.23. The lowest BCUT2D eigenvalue weighted by molar-refractivity contribution is -0.141. The highest BCUT2D eigenvalue weighted by atomic mass is 35.5. The predicted molar refractivity (Wildman–Crippen MR) is 109 cm³/mol. The van der Waals surface area contributed by atoms with Crippen LogP contribution in [0.3, 0.4) is 0 Å². The average Bonchev–Trinajstić information content (AvgIpc) is 3.13. The number of hydrogen-bond donors (Lipinski definition) is 4. The highest BCUT2D eigenvalue weighted by molar-refractivity contribution is 7.99. The summed E-state index contributed by atoms with van der Waals surface area (Å²) in [6.45, 7) is 1.68. The number of amides is 2. The summed E-state index contributed by atoms with van der Waals surface area (Å²) in [6.07, 6.45) is 0.0619. The van der Waals surface area contributed by atoms with Gasteiger partial charge in [0.2, 0.25) is 11.8 Å². The minimum absolute atomic E-state index is 0. The zero-order valence-electron chi connectivity index (χ0n) is 14.7. The van der Waals surface area contributed by atoms with Crippen molar-refractivity contribution in [2.45, 2.75) is 31.3 Å². The van der Waals surface area contributed by atoms with Crippen molar-refractivity contribution in [2.24, 2.45) is 0 Å². The van der Waals surface area contributed by atoms with E-state index in [1.165, 1.54) is 6.92 Å². The molecule has 0 aromatic heterocycles. The van der Waals surface area contributed by atoms with Gasteiger partial charge in [-0.3, -0.25) is 19.7 Å². The number of hydrogen-bond acceptors (Lipinski definition) is 5. The third-order valence-electron chi connectivity index (χ3n) is 4.08. The molecule has 1 heterocycles. The Hall–Kier alpha value is -1.48. The smallest absolute Gasteiger partial charge is 0.325 e. The monoisotopic (exact) mass is 435 g/mol. The van der Waals surface area contributed by atoms with Crippen molar-refractivity contribution in [3.05, 3.63) is 34.9 Å². The fourth-order valence-corrected chi connectivity index (χ4v) is 3.61. The molecule has 7 nitrogen and oxygen atoms in total. The second-order valence-electron chi connectivity index (χ2n) is 6.10. The lowest BCUT2D eigenvalue weighted by Crippen LogP contribution is -2.44. The van der Waals surface area contributed by atoms with Crippen molar-refractivity contribution in [2.75, 3.05) is 18.2 Å². The molecule has 2 rings (SSSR count). The van der Waals surface area contributed by atoms with Gasteiger partial charge in [0.15, 0.2) is 0 Å². The van der Waals surface area contributed by atoms with Gasteiger partial charge in [-0.2, -0.15) is 0 Å². The van der Waals surface area contributed by atoms with E-state index in [2.05, 4.69) is 16.0 Å². The number of nitrogens with one attached hydrogen (secondary N) is 3. The highest BCUT2D eigenvalue weighted by Crippen LogP contribution is 2.21. The van der Waals surface area contributed by atoms with Gasteiger partial charge in [0, 0.05) is 35.5 Å². The summed E-state index contributed by atoms with van der Waals surface area (Å²) in [5, 5.41) is 17.9. The van der Waals surface area contributed by atoms with E-state index in [0.29, 0.717) is 10.8 Å². The van der Waals surface area contributed by atoms with Crippen LogP contribution in [0.1, 0.15) is 24.8 Å². The van der Waals surface area contributed by atoms with Crippen LogP contribution in [-0.4, -0.2) is 53.1 Å². The Kier molecular flexibility index (Phi) is 9.93. The first kappa shape index (κ1) is 23.6. The summed E-state index contributed by atoms with van der Waals surface area (Å²) in [7, 11) is 0.